The fourth-order valence-electron chi connectivity index (χ4n) is 2.97. The second kappa shape index (κ2) is 7.77. The summed E-state index contributed by atoms with van der Waals surface area (Å²) in [5, 5.41) is 3.06. The van der Waals surface area contributed by atoms with E-state index in [4.69, 9.17) is 0 Å². The van der Waals surface area contributed by atoms with Crippen LogP contribution in [0.5, 0.6) is 0 Å². The number of imidazole rings is 1. The number of para-hydroxylation sites is 2. The number of fused-ring (bicyclic) bond motifs is 1. The highest BCUT2D eigenvalue weighted by Crippen LogP contribution is 2.19. The van der Waals surface area contributed by atoms with E-state index in [-0.39, 0.29) is 11.8 Å². The van der Waals surface area contributed by atoms with Gasteiger partial charge in [-0.05, 0) is 30.5 Å². The van der Waals surface area contributed by atoms with Gasteiger partial charge in [-0.3, -0.25) is 4.79 Å². The van der Waals surface area contributed by atoms with Gasteiger partial charge in [0.25, 0.3) is 0 Å². The molecule has 0 saturated heterocycles. The van der Waals surface area contributed by atoms with Crippen molar-refractivity contribution in [2.45, 2.75) is 32.1 Å². The number of amides is 1. The predicted octanol–water partition coefficient (Wildman–Crippen LogP) is 3.81. The topological polar surface area (TPSA) is 57.8 Å². The summed E-state index contributed by atoms with van der Waals surface area (Å²) in [4.78, 5) is 20.3. The molecule has 4 nitrogen and oxygen atoms in total. The molecule has 4 heteroatoms. The molecular weight excluding hydrogens is 298 g/mol. The van der Waals surface area contributed by atoms with Crippen LogP contribution in [0.1, 0.15) is 37.1 Å². The molecule has 0 aliphatic carbocycles. The van der Waals surface area contributed by atoms with Gasteiger partial charge in [0.2, 0.25) is 5.91 Å². The van der Waals surface area contributed by atoms with Crippen molar-refractivity contribution in [3.8, 4) is 0 Å². The lowest BCUT2D eigenvalue weighted by atomic mass is 9.95. The first kappa shape index (κ1) is 16.2. The molecule has 3 aromatic rings. The third-order valence-corrected chi connectivity index (χ3v) is 4.25. The molecule has 0 saturated carbocycles. The minimum absolute atomic E-state index is 0.0719. The highest BCUT2D eigenvalue weighted by molar-refractivity contribution is 5.83. The van der Waals surface area contributed by atoms with Crippen molar-refractivity contribution in [2.75, 3.05) is 6.54 Å². The maximum Gasteiger partial charge on any atom is 0.227 e. The zero-order valence-corrected chi connectivity index (χ0v) is 14.0. The lowest BCUT2D eigenvalue weighted by molar-refractivity contribution is -0.122. The zero-order valence-electron chi connectivity index (χ0n) is 14.0. The minimum Gasteiger partial charge on any atom is -0.356 e. The van der Waals surface area contributed by atoms with Gasteiger partial charge in [-0.15, -0.1) is 0 Å². The van der Waals surface area contributed by atoms with Crippen molar-refractivity contribution >= 4 is 16.9 Å². The number of hydrogen-bond donors (Lipinski definition) is 2. The van der Waals surface area contributed by atoms with Crippen LogP contribution in [0.4, 0.5) is 0 Å². The Balaban J connectivity index is 1.49. The third-order valence-electron chi connectivity index (χ3n) is 4.25. The first-order valence-corrected chi connectivity index (χ1v) is 8.54. The van der Waals surface area contributed by atoms with E-state index in [1.165, 1.54) is 0 Å². The summed E-state index contributed by atoms with van der Waals surface area (Å²) in [6.45, 7) is 2.71. The van der Waals surface area contributed by atoms with Crippen LogP contribution in [-0.2, 0) is 11.2 Å². The van der Waals surface area contributed by atoms with Gasteiger partial charge in [0.05, 0.1) is 17.0 Å². The monoisotopic (exact) mass is 321 g/mol. The summed E-state index contributed by atoms with van der Waals surface area (Å²) in [7, 11) is 0. The maximum atomic E-state index is 12.4. The summed E-state index contributed by atoms with van der Waals surface area (Å²) < 4.78 is 0. The second-order valence-electron chi connectivity index (χ2n) is 5.97. The van der Waals surface area contributed by atoms with Crippen molar-refractivity contribution < 1.29 is 4.79 Å². The zero-order chi connectivity index (χ0) is 16.8. The molecular formula is C20H23N3O. The quantitative estimate of drug-likeness (QED) is 0.650. The molecule has 1 atom stereocenters. The van der Waals surface area contributed by atoms with Gasteiger partial charge in [-0.1, -0.05) is 49.4 Å². The van der Waals surface area contributed by atoms with Crippen LogP contribution in [0.3, 0.4) is 0 Å². The average Bonchev–Trinajstić information content (AvgIpc) is 3.03. The predicted molar refractivity (Wildman–Crippen MR) is 96.9 cm³/mol. The van der Waals surface area contributed by atoms with E-state index in [0.717, 1.165) is 41.7 Å². The van der Waals surface area contributed by atoms with E-state index < -0.39 is 0 Å². The van der Waals surface area contributed by atoms with Gasteiger partial charge in [-0.2, -0.15) is 0 Å². The molecule has 1 amide bonds. The maximum absolute atomic E-state index is 12.4. The van der Waals surface area contributed by atoms with Crippen LogP contribution in [0.15, 0.2) is 54.6 Å². The Morgan fingerprint density at radius 2 is 1.88 bits per heavy atom. The van der Waals surface area contributed by atoms with Gasteiger partial charge in [0.15, 0.2) is 0 Å². The summed E-state index contributed by atoms with van der Waals surface area (Å²) >= 11 is 0. The van der Waals surface area contributed by atoms with E-state index in [1.54, 1.807) is 0 Å². The molecule has 3 rings (SSSR count). The van der Waals surface area contributed by atoms with Crippen LogP contribution in [0.2, 0.25) is 0 Å². The number of aryl methyl sites for hydroxylation is 1. The molecule has 2 aromatic carbocycles. The number of carbonyl (C=O) groups excluding carboxylic acids is 1. The number of nitrogens with one attached hydrogen (secondary N) is 2. The van der Waals surface area contributed by atoms with Crippen molar-refractivity contribution in [1.82, 2.24) is 15.3 Å². The summed E-state index contributed by atoms with van der Waals surface area (Å²) in [6, 6.07) is 18.0. The van der Waals surface area contributed by atoms with Gasteiger partial charge in [0, 0.05) is 13.0 Å². The van der Waals surface area contributed by atoms with E-state index in [9.17, 15) is 4.79 Å². The molecule has 0 aliphatic rings. The number of hydrogen-bond acceptors (Lipinski definition) is 2. The molecule has 1 aromatic heterocycles. The number of benzene rings is 2. The Bertz CT molecular complexity index is 762. The SMILES string of the molecule is CCC(C(=O)NCCCc1nc2ccccc2[nH]1)c1ccccc1. The molecule has 0 radical (unpaired) electrons. The highest BCUT2D eigenvalue weighted by Gasteiger charge is 2.17. The lowest BCUT2D eigenvalue weighted by Gasteiger charge is -2.15. The lowest BCUT2D eigenvalue weighted by Crippen LogP contribution is -2.30. The number of H-pyrrole nitrogens is 1. The number of carbonyl (C=O) groups is 1. The van der Waals surface area contributed by atoms with Gasteiger partial charge < -0.3 is 10.3 Å². The van der Waals surface area contributed by atoms with Crippen LogP contribution in [-0.4, -0.2) is 22.4 Å². The molecule has 0 fully saturated rings. The van der Waals surface area contributed by atoms with E-state index in [1.807, 2.05) is 61.5 Å². The van der Waals surface area contributed by atoms with Crippen LogP contribution in [0, 0.1) is 0 Å². The van der Waals surface area contributed by atoms with E-state index >= 15 is 0 Å². The van der Waals surface area contributed by atoms with Crippen LogP contribution >= 0.6 is 0 Å². The summed E-state index contributed by atoms with van der Waals surface area (Å²) in [5.41, 5.74) is 3.13. The average molecular weight is 321 g/mol. The standard InChI is InChI=1S/C20H23N3O/c1-2-16(15-9-4-3-5-10-15)20(24)21-14-8-13-19-22-17-11-6-7-12-18(17)23-19/h3-7,9-12,16H,2,8,13-14H2,1H3,(H,21,24)(H,22,23). The largest absolute Gasteiger partial charge is 0.356 e. The Morgan fingerprint density at radius 1 is 1.12 bits per heavy atom. The molecule has 0 bridgehead atoms. The Morgan fingerprint density at radius 3 is 2.62 bits per heavy atom. The number of rotatable bonds is 7. The minimum atomic E-state index is -0.0719. The molecule has 0 aliphatic heterocycles. The molecule has 1 unspecified atom stereocenters. The Hall–Kier alpha value is -2.62. The smallest absolute Gasteiger partial charge is 0.227 e. The molecule has 124 valence electrons. The van der Waals surface area contributed by atoms with Gasteiger partial charge in [0.1, 0.15) is 5.82 Å². The van der Waals surface area contributed by atoms with Crippen LogP contribution in [0.25, 0.3) is 11.0 Å². The van der Waals surface area contributed by atoms with Crippen LogP contribution < -0.4 is 5.32 Å². The van der Waals surface area contributed by atoms with Crippen molar-refractivity contribution in [3.05, 3.63) is 66.0 Å². The van der Waals surface area contributed by atoms with Crippen molar-refractivity contribution in [1.29, 1.82) is 0 Å². The van der Waals surface area contributed by atoms with E-state index in [0.29, 0.717) is 6.54 Å². The second-order valence-corrected chi connectivity index (χ2v) is 5.97. The number of aromatic nitrogens is 2. The van der Waals surface area contributed by atoms with Crippen molar-refractivity contribution in [2.24, 2.45) is 0 Å². The van der Waals surface area contributed by atoms with E-state index in [2.05, 4.69) is 15.3 Å². The number of aromatic amines is 1. The fraction of sp³-hybridized carbons (Fsp3) is 0.300. The number of nitrogens with zero attached hydrogens (tertiary/aromatic N) is 1. The summed E-state index contributed by atoms with van der Waals surface area (Å²) in [6.07, 6.45) is 2.51. The molecule has 1 heterocycles. The molecule has 24 heavy (non-hydrogen) atoms. The fourth-order valence-corrected chi connectivity index (χ4v) is 2.97. The normalized spacial score (nSPS) is 12.2. The summed E-state index contributed by atoms with van der Waals surface area (Å²) in [5.74, 6) is 1.01. The Kier molecular flexibility index (Phi) is 5.26. The van der Waals surface area contributed by atoms with Gasteiger partial charge in [-0.25, -0.2) is 4.98 Å². The molecule has 0 spiro atoms. The third kappa shape index (κ3) is 3.82. The van der Waals surface area contributed by atoms with Crippen molar-refractivity contribution in [3.63, 3.8) is 0 Å². The first-order valence-electron chi connectivity index (χ1n) is 8.54. The highest BCUT2D eigenvalue weighted by atomic mass is 16.1. The van der Waals surface area contributed by atoms with Gasteiger partial charge >= 0.3 is 0 Å². The Labute approximate surface area is 142 Å². The first-order chi connectivity index (χ1) is 11.8. The molecule has 2 N–H and O–H groups in total.